The van der Waals surface area contributed by atoms with E-state index in [4.69, 9.17) is 11.6 Å². The molecule has 0 saturated heterocycles. The number of thiophene rings is 1. The van der Waals surface area contributed by atoms with Gasteiger partial charge >= 0.3 is 0 Å². The molecule has 0 N–H and O–H groups in total. The number of aryl methyl sites for hydroxylation is 1. The first-order chi connectivity index (χ1) is 5.72. The number of rotatable bonds is 4. The number of hydrogen-bond donors (Lipinski definition) is 0. The van der Waals surface area contributed by atoms with E-state index in [0.29, 0.717) is 5.38 Å². The molecule has 1 heterocycles. The fraction of sp³-hybridized carbons (Fsp3) is 0.556. The smallest absolute Gasteiger partial charge is 0.0701 e. The van der Waals surface area contributed by atoms with Crippen molar-refractivity contribution >= 4 is 38.9 Å². The molecule has 0 amide bonds. The van der Waals surface area contributed by atoms with Crippen LogP contribution in [0.4, 0.5) is 0 Å². The summed E-state index contributed by atoms with van der Waals surface area (Å²) in [6.45, 7) is 2.13. The Hall–Kier alpha value is 0.470. The van der Waals surface area contributed by atoms with Crippen LogP contribution in [0.1, 0.15) is 24.6 Å². The predicted octanol–water partition coefficient (Wildman–Crippen LogP) is 4.46. The number of halogens is 2. The average Bonchev–Trinajstić information content (AvgIpc) is 2.47. The van der Waals surface area contributed by atoms with Crippen LogP contribution in [0.2, 0.25) is 0 Å². The van der Waals surface area contributed by atoms with E-state index in [1.807, 2.05) is 0 Å². The molecule has 0 spiro atoms. The second-order valence-corrected chi connectivity index (χ2v) is 5.91. The van der Waals surface area contributed by atoms with Crippen molar-refractivity contribution in [1.29, 1.82) is 0 Å². The Morgan fingerprint density at radius 2 is 2.33 bits per heavy atom. The quantitative estimate of drug-likeness (QED) is 0.707. The summed E-state index contributed by atoms with van der Waals surface area (Å²) in [6.07, 6.45) is 3.26. The maximum Gasteiger partial charge on any atom is 0.0701 e. The third kappa shape index (κ3) is 3.46. The fourth-order valence-electron chi connectivity index (χ4n) is 0.989. The molecule has 0 aromatic carbocycles. The third-order valence-corrected chi connectivity index (χ3v) is 3.99. The molecular weight excluding hydrogens is 256 g/mol. The highest BCUT2D eigenvalue weighted by molar-refractivity contribution is 9.11. The Morgan fingerprint density at radius 3 is 2.83 bits per heavy atom. The number of alkyl halides is 1. The minimum atomic E-state index is 0.339. The summed E-state index contributed by atoms with van der Waals surface area (Å²) >= 11 is 11.3. The van der Waals surface area contributed by atoms with Crippen LogP contribution in [-0.4, -0.2) is 5.38 Å². The van der Waals surface area contributed by atoms with E-state index in [2.05, 4.69) is 35.0 Å². The molecule has 1 aromatic rings. The molecule has 12 heavy (non-hydrogen) atoms. The van der Waals surface area contributed by atoms with Crippen LogP contribution in [0.3, 0.4) is 0 Å². The van der Waals surface area contributed by atoms with E-state index in [1.165, 1.54) is 8.66 Å². The molecule has 1 atom stereocenters. The molecule has 1 aromatic heterocycles. The van der Waals surface area contributed by atoms with Gasteiger partial charge in [-0.1, -0.05) is 6.92 Å². The topological polar surface area (TPSA) is 0 Å². The first-order valence-electron chi connectivity index (χ1n) is 4.10. The molecule has 3 heteroatoms. The lowest BCUT2D eigenvalue weighted by Crippen LogP contribution is -1.96. The van der Waals surface area contributed by atoms with Gasteiger partial charge in [-0.05, 0) is 47.3 Å². The van der Waals surface area contributed by atoms with Gasteiger partial charge in [-0.2, -0.15) is 0 Å². The van der Waals surface area contributed by atoms with Gasteiger partial charge in [-0.15, -0.1) is 22.9 Å². The van der Waals surface area contributed by atoms with Crippen LogP contribution in [0.25, 0.3) is 0 Å². The standard InChI is InChI=1S/C9H12BrClS/c1-2-7(11)3-4-8-5-6-9(10)12-8/h5-7H,2-4H2,1H3. The molecule has 0 radical (unpaired) electrons. The van der Waals surface area contributed by atoms with Gasteiger partial charge in [0.1, 0.15) is 0 Å². The molecule has 0 aliphatic carbocycles. The SMILES string of the molecule is CCC(Cl)CCc1ccc(Br)s1. The molecule has 68 valence electrons. The largest absolute Gasteiger partial charge is 0.133 e. The van der Waals surface area contributed by atoms with Crippen LogP contribution < -0.4 is 0 Å². The minimum Gasteiger partial charge on any atom is -0.133 e. The van der Waals surface area contributed by atoms with Crippen molar-refractivity contribution < 1.29 is 0 Å². The lowest BCUT2D eigenvalue weighted by molar-refractivity contribution is 0.732. The molecule has 0 bridgehead atoms. The van der Waals surface area contributed by atoms with Gasteiger partial charge in [0.15, 0.2) is 0 Å². The zero-order valence-corrected chi connectivity index (χ0v) is 10.2. The maximum atomic E-state index is 6.01. The second-order valence-electron chi connectivity index (χ2n) is 2.75. The van der Waals surface area contributed by atoms with Gasteiger partial charge in [-0.3, -0.25) is 0 Å². The molecule has 0 nitrogen and oxygen atoms in total. The minimum absolute atomic E-state index is 0.339. The second kappa shape index (κ2) is 5.25. The van der Waals surface area contributed by atoms with E-state index in [1.54, 1.807) is 11.3 Å². The van der Waals surface area contributed by atoms with Gasteiger partial charge in [0.2, 0.25) is 0 Å². The predicted molar refractivity (Wildman–Crippen MR) is 60.3 cm³/mol. The average molecular weight is 268 g/mol. The van der Waals surface area contributed by atoms with E-state index >= 15 is 0 Å². The highest BCUT2D eigenvalue weighted by atomic mass is 79.9. The van der Waals surface area contributed by atoms with E-state index < -0.39 is 0 Å². The van der Waals surface area contributed by atoms with Crippen molar-refractivity contribution in [2.24, 2.45) is 0 Å². The summed E-state index contributed by atoms with van der Waals surface area (Å²) in [7, 11) is 0. The van der Waals surface area contributed by atoms with Crippen LogP contribution in [-0.2, 0) is 6.42 Å². The summed E-state index contributed by atoms with van der Waals surface area (Å²) in [5, 5.41) is 0.339. The Bertz CT molecular complexity index is 234. The Labute approximate surface area is 91.1 Å². The first kappa shape index (κ1) is 10.6. The van der Waals surface area contributed by atoms with Crippen LogP contribution in [0.5, 0.6) is 0 Å². The number of hydrogen-bond acceptors (Lipinski definition) is 1. The van der Waals surface area contributed by atoms with Crippen LogP contribution in [0, 0.1) is 0 Å². The summed E-state index contributed by atoms with van der Waals surface area (Å²) < 4.78 is 1.21. The maximum absolute atomic E-state index is 6.01. The fourth-order valence-corrected chi connectivity index (χ4v) is 2.60. The van der Waals surface area contributed by atoms with Crippen molar-refractivity contribution in [3.05, 3.63) is 20.8 Å². The third-order valence-electron chi connectivity index (χ3n) is 1.78. The van der Waals surface area contributed by atoms with Crippen molar-refractivity contribution in [2.45, 2.75) is 31.6 Å². The lowest BCUT2D eigenvalue weighted by Gasteiger charge is -2.03. The van der Waals surface area contributed by atoms with Gasteiger partial charge in [0, 0.05) is 10.3 Å². The first-order valence-corrected chi connectivity index (χ1v) is 6.15. The monoisotopic (exact) mass is 266 g/mol. The molecular formula is C9H12BrClS. The van der Waals surface area contributed by atoms with Crippen molar-refractivity contribution in [3.8, 4) is 0 Å². The van der Waals surface area contributed by atoms with Gasteiger partial charge in [-0.25, -0.2) is 0 Å². The van der Waals surface area contributed by atoms with Crippen molar-refractivity contribution in [1.82, 2.24) is 0 Å². The van der Waals surface area contributed by atoms with E-state index in [9.17, 15) is 0 Å². The molecule has 1 rings (SSSR count). The van der Waals surface area contributed by atoms with Gasteiger partial charge < -0.3 is 0 Å². The Balaban J connectivity index is 2.33. The molecule has 0 aliphatic heterocycles. The normalized spacial score (nSPS) is 13.2. The summed E-state index contributed by atoms with van der Waals surface area (Å²) in [5.41, 5.74) is 0. The zero-order valence-electron chi connectivity index (χ0n) is 7.02. The Kier molecular flexibility index (Phi) is 4.62. The van der Waals surface area contributed by atoms with Gasteiger partial charge in [0.25, 0.3) is 0 Å². The highest BCUT2D eigenvalue weighted by Gasteiger charge is 2.03. The zero-order chi connectivity index (χ0) is 8.97. The molecule has 1 unspecified atom stereocenters. The summed E-state index contributed by atoms with van der Waals surface area (Å²) in [5.74, 6) is 0. The Morgan fingerprint density at radius 1 is 1.58 bits per heavy atom. The highest BCUT2D eigenvalue weighted by Crippen LogP contribution is 2.24. The lowest BCUT2D eigenvalue weighted by atomic mass is 10.2. The molecule has 0 saturated carbocycles. The van der Waals surface area contributed by atoms with E-state index in [-0.39, 0.29) is 0 Å². The van der Waals surface area contributed by atoms with Crippen molar-refractivity contribution in [3.63, 3.8) is 0 Å². The molecule has 0 aliphatic rings. The van der Waals surface area contributed by atoms with Crippen LogP contribution in [0.15, 0.2) is 15.9 Å². The summed E-state index contributed by atoms with van der Waals surface area (Å²) in [6, 6.07) is 4.25. The van der Waals surface area contributed by atoms with Crippen LogP contribution >= 0.6 is 38.9 Å². The van der Waals surface area contributed by atoms with Gasteiger partial charge in [0.05, 0.1) is 3.79 Å². The summed E-state index contributed by atoms with van der Waals surface area (Å²) in [4.78, 5) is 1.42. The van der Waals surface area contributed by atoms with Crippen molar-refractivity contribution in [2.75, 3.05) is 0 Å². The van der Waals surface area contributed by atoms with E-state index in [0.717, 1.165) is 19.3 Å². The molecule has 0 fully saturated rings.